The normalized spacial score (nSPS) is 16.1. The van der Waals surface area contributed by atoms with Crippen LogP contribution < -0.4 is 15.4 Å². The highest BCUT2D eigenvalue weighted by molar-refractivity contribution is 5.36. The summed E-state index contributed by atoms with van der Waals surface area (Å²) in [4.78, 5) is 12.8. The molecule has 1 aromatic heterocycles. The molecule has 0 saturated heterocycles. The highest BCUT2D eigenvalue weighted by Gasteiger charge is 2.15. The summed E-state index contributed by atoms with van der Waals surface area (Å²) in [6.07, 6.45) is 7.29. The lowest BCUT2D eigenvalue weighted by molar-refractivity contribution is 0.378. The van der Waals surface area contributed by atoms with Gasteiger partial charge in [0.25, 0.3) is 0 Å². The first-order valence-electron chi connectivity index (χ1n) is 7.12. The lowest BCUT2D eigenvalue weighted by Crippen LogP contribution is -2.24. The fraction of sp³-hybridized carbons (Fsp3) is 0.769. The van der Waals surface area contributed by atoms with Gasteiger partial charge < -0.3 is 15.4 Å². The Labute approximate surface area is 114 Å². The van der Waals surface area contributed by atoms with Crippen molar-refractivity contribution in [1.29, 1.82) is 0 Å². The van der Waals surface area contributed by atoms with Crippen molar-refractivity contribution in [2.45, 2.75) is 51.5 Å². The smallest absolute Gasteiger partial charge is 0.322 e. The molecule has 1 heterocycles. The van der Waals surface area contributed by atoms with Crippen molar-refractivity contribution < 1.29 is 4.74 Å². The number of hydrogen-bond donors (Lipinski definition) is 2. The van der Waals surface area contributed by atoms with Gasteiger partial charge in [0.05, 0.1) is 7.11 Å². The van der Waals surface area contributed by atoms with Gasteiger partial charge >= 0.3 is 6.01 Å². The van der Waals surface area contributed by atoms with Crippen LogP contribution in [0.4, 0.5) is 11.9 Å². The number of anilines is 2. The highest BCUT2D eigenvalue weighted by atomic mass is 16.5. The first kappa shape index (κ1) is 13.8. The van der Waals surface area contributed by atoms with Crippen LogP contribution in [-0.2, 0) is 0 Å². The third kappa shape index (κ3) is 4.22. The second-order valence-electron chi connectivity index (χ2n) is 4.88. The van der Waals surface area contributed by atoms with Crippen LogP contribution in [-0.4, -0.2) is 34.6 Å². The minimum Gasteiger partial charge on any atom is -0.467 e. The molecule has 1 aromatic rings. The average Bonchev–Trinajstić information content (AvgIpc) is 2.46. The molecule has 19 heavy (non-hydrogen) atoms. The zero-order chi connectivity index (χ0) is 13.5. The van der Waals surface area contributed by atoms with Crippen LogP contribution in [0.2, 0.25) is 0 Å². The number of methoxy groups -OCH3 is 1. The van der Waals surface area contributed by atoms with Crippen LogP contribution in [0.25, 0.3) is 0 Å². The van der Waals surface area contributed by atoms with E-state index in [-0.39, 0.29) is 0 Å². The third-order valence-corrected chi connectivity index (χ3v) is 3.27. The van der Waals surface area contributed by atoms with Gasteiger partial charge in [-0.2, -0.15) is 15.0 Å². The van der Waals surface area contributed by atoms with Crippen LogP contribution in [0.15, 0.2) is 0 Å². The van der Waals surface area contributed by atoms with Gasteiger partial charge in [-0.3, -0.25) is 0 Å². The van der Waals surface area contributed by atoms with E-state index in [0.717, 1.165) is 13.0 Å². The molecule has 1 fully saturated rings. The monoisotopic (exact) mass is 265 g/mol. The van der Waals surface area contributed by atoms with Gasteiger partial charge in [0.1, 0.15) is 0 Å². The predicted molar refractivity (Wildman–Crippen MR) is 75.7 cm³/mol. The summed E-state index contributed by atoms with van der Waals surface area (Å²) in [5, 5.41) is 6.55. The quantitative estimate of drug-likeness (QED) is 0.823. The summed E-state index contributed by atoms with van der Waals surface area (Å²) in [6.45, 7) is 2.95. The molecule has 0 spiro atoms. The number of nitrogens with one attached hydrogen (secondary N) is 2. The van der Waals surface area contributed by atoms with Crippen molar-refractivity contribution in [3.63, 3.8) is 0 Å². The van der Waals surface area contributed by atoms with E-state index in [0.29, 0.717) is 23.9 Å². The van der Waals surface area contributed by atoms with Crippen LogP contribution in [0, 0.1) is 0 Å². The van der Waals surface area contributed by atoms with Crippen LogP contribution in [0.3, 0.4) is 0 Å². The van der Waals surface area contributed by atoms with Crippen molar-refractivity contribution in [1.82, 2.24) is 15.0 Å². The molecule has 2 rings (SSSR count). The molecule has 0 radical (unpaired) electrons. The molecule has 0 aliphatic heterocycles. The van der Waals surface area contributed by atoms with Gasteiger partial charge in [-0.25, -0.2) is 0 Å². The maximum Gasteiger partial charge on any atom is 0.322 e. The van der Waals surface area contributed by atoms with E-state index in [9.17, 15) is 0 Å². The molecule has 0 amide bonds. The van der Waals surface area contributed by atoms with Gasteiger partial charge in [0, 0.05) is 12.6 Å². The molecule has 6 nitrogen and oxygen atoms in total. The molecule has 106 valence electrons. The van der Waals surface area contributed by atoms with Gasteiger partial charge in [0.2, 0.25) is 11.9 Å². The Kier molecular flexibility index (Phi) is 5.18. The maximum atomic E-state index is 5.12. The zero-order valence-corrected chi connectivity index (χ0v) is 11.8. The number of ether oxygens (including phenoxy) is 1. The molecule has 1 aliphatic rings. The lowest BCUT2D eigenvalue weighted by Gasteiger charge is -2.22. The van der Waals surface area contributed by atoms with E-state index in [1.54, 1.807) is 7.11 Å². The standard InChI is InChI=1S/C13H23N5O/c1-3-9-14-11-16-12(18-13(17-11)19-2)15-10-7-5-4-6-8-10/h10H,3-9H2,1-2H3,(H2,14,15,16,17,18). The number of aromatic nitrogens is 3. The van der Waals surface area contributed by atoms with Crippen molar-refractivity contribution in [3.05, 3.63) is 0 Å². The van der Waals surface area contributed by atoms with Crippen LogP contribution in [0.5, 0.6) is 6.01 Å². The minimum atomic E-state index is 0.354. The Morgan fingerprint density at radius 3 is 2.53 bits per heavy atom. The second kappa shape index (κ2) is 7.11. The molecule has 0 aromatic carbocycles. The molecule has 2 N–H and O–H groups in total. The largest absolute Gasteiger partial charge is 0.467 e. The molecule has 0 atom stereocenters. The van der Waals surface area contributed by atoms with E-state index in [1.807, 2.05) is 0 Å². The maximum absolute atomic E-state index is 5.12. The fourth-order valence-corrected chi connectivity index (χ4v) is 2.26. The lowest BCUT2D eigenvalue weighted by atomic mass is 9.96. The molecular weight excluding hydrogens is 242 g/mol. The van der Waals surface area contributed by atoms with Gasteiger partial charge in [-0.15, -0.1) is 0 Å². The van der Waals surface area contributed by atoms with Crippen molar-refractivity contribution in [3.8, 4) is 6.01 Å². The summed E-state index contributed by atoms with van der Waals surface area (Å²) in [7, 11) is 1.57. The Hall–Kier alpha value is -1.59. The van der Waals surface area contributed by atoms with Gasteiger partial charge in [-0.1, -0.05) is 26.2 Å². The molecule has 6 heteroatoms. The topological polar surface area (TPSA) is 72.0 Å². The summed E-state index contributed by atoms with van der Waals surface area (Å²) in [6, 6.07) is 0.826. The van der Waals surface area contributed by atoms with E-state index >= 15 is 0 Å². The Morgan fingerprint density at radius 2 is 1.84 bits per heavy atom. The van der Waals surface area contributed by atoms with Crippen LogP contribution in [0.1, 0.15) is 45.4 Å². The van der Waals surface area contributed by atoms with Gasteiger partial charge in [-0.05, 0) is 19.3 Å². The number of nitrogens with zero attached hydrogens (tertiary/aromatic N) is 3. The fourth-order valence-electron chi connectivity index (χ4n) is 2.26. The highest BCUT2D eigenvalue weighted by Crippen LogP contribution is 2.21. The molecular formula is C13H23N5O. The summed E-state index contributed by atoms with van der Waals surface area (Å²) in [5.41, 5.74) is 0. The average molecular weight is 265 g/mol. The predicted octanol–water partition coefficient (Wildman–Crippen LogP) is 2.45. The van der Waals surface area contributed by atoms with Crippen molar-refractivity contribution >= 4 is 11.9 Å². The summed E-state index contributed by atoms with van der Waals surface area (Å²) >= 11 is 0. The molecule has 0 unspecified atom stereocenters. The van der Waals surface area contributed by atoms with Crippen molar-refractivity contribution in [2.24, 2.45) is 0 Å². The molecule has 1 aliphatic carbocycles. The molecule has 0 bridgehead atoms. The summed E-state index contributed by atoms with van der Waals surface area (Å²) in [5.74, 6) is 1.18. The minimum absolute atomic E-state index is 0.354. The van der Waals surface area contributed by atoms with Crippen molar-refractivity contribution in [2.75, 3.05) is 24.3 Å². The second-order valence-corrected chi connectivity index (χ2v) is 4.88. The first-order valence-corrected chi connectivity index (χ1v) is 7.12. The van der Waals surface area contributed by atoms with E-state index in [1.165, 1.54) is 32.1 Å². The Morgan fingerprint density at radius 1 is 1.11 bits per heavy atom. The number of rotatable bonds is 6. The zero-order valence-electron chi connectivity index (χ0n) is 11.8. The number of hydrogen-bond acceptors (Lipinski definition) is 6. The molecule has 1 saturated carbocycles. The van der Waals surface area contributed by atoms with Gasteiger partial charge in [0.15, 0.2) is 0 Å². The third-order valence-electron chi connectivity index (χ3n) is 3.27. The van der Waals surface area contributed by atoms with E-state index in [2.05, 4.69) is 32.5 Å². The van der Waals surface area contributed by atoms with Crippen LogP contribution >= 0.6 is 0 Å². The first-order chi connectivity index (χ1) is 9.31. The SMILES string of the molecule is CCCNc1nc(NC2CCCCC2)nc(OC)n1. The Bertz CT molecular complexity index is 393. The van der Waals surface area contributed by atoms with E-state index in [4.69, 9.17) is 4.74 Å². The van der Waals surface area contributed by atoms with E-state index < -0.39 is 0 Å². The Balaban J connectivity index is 2.04. The summed E-state index contributed by atoms with van der Waals surface area (Å²) < 4.78 is 5.12.